The minimum atomic E-state index is -0.625. The van der Waals surface area contributed by atoms with Gasteiger partial charge in [0.1, 0.15) is 6.04 Å². The molecule has 2 N–H and O–H groups in total. The highest BCUT2D eigenvalue weighted by Gasteiger charge is 2.15. The van der Waals surface area contributed by atoms with E-state index < -0.39 is 6.04 Å². The van der Waals surface area contributed by atoms with Gasteiger partial charge in [-0.05, 0) is 28.8 Å². The first-order valence-corrected chi connectivity index (χ1v) is 6.42. The second-order valence-electron chi connectivity index (χ2n) is 4.09. The monoisotopic (exact) mass is 343 g/mol. The Bertz CT molecular complexity index is 589. The molecule has 102 valence electrons. The minimum absolute atomic E-state index is 0. The van der Waals surface area contributed by atoms with E-state index in [1.165, 1.54) is 7.11 Å². The van der Waals surface area contributed by atoms with E-state index in [0.29, 0.717) is 6.42 Å². The van der Waals surface area contributed by atoms with Crippen molar-refractivity contribution in [3.8, 4) is 0 Å². The summed E-state index contributed by atoms with van der Waals surface area (Å²) in [4.78, 5) is 11.4. The maximum atomic E-state index is 11.4. The summed E-state index contributed by atoms with van der Waals surface area (Å²) < 4.78 is 5.68. The Labute approximate surface area is 126 Å². The molecule has 0 saturated carbocycles. The number of carbonyl (C=O) groups excluding carboxylic acids is 1. The Morgan fingerprint density at radius 3 is 2.53 bits per heavy atom. The number of methoxy groups -OCH3 is 1. The first-order valence-electron chi connectivity index (χ1n) is 5.63. The molecular weight excluding hydrogens is 330 g/mol. The number of hydrogen-bond donors (Lipinski definition) is 1. The Morgan fingerprint density at radius 2 is 1.89 bits per heavy atom. The highest BCUT2D eigenvalue weighted by Crippen LogP contribution is 2.27. The smallest absolute Gasteiger partial charge is 0.322 e. The predicted molar refractivity (Wildman–Crippen MR) is 82.6 cm³/mol. The van der Waals surface area contributed by atoms with Gasteiger partial charge in [-0.1, -0.05) is 46.3 Å². The van der Waals surface area contributed by atoms with Crippen molar-refractivity contribution in [2.75, 3.05) is 7.11 Å². The number of hydrogen-bond acceptors (Lipinski definition) is 3. The first kappa shape index (κ1) is 16.0. The fraction of sp³-hybridized carbons (Fsp3) is 0.214. The van der Waals surface area contributed by atoms with Crippen molar-refractivity contribution in [1.29, 1.82) is 0 Å². The molecule has 2 rings (SSSR count). The number of benzene rings is 2. The third-order valence-electron chi connectivity index (χ3n) is 2.90. The standard InChI is InChI=1S/C14H14BrNO2.ClH/c1-18-14(17)13(16)8-9-6-7-12(15)11-5-3-2-4-10(9)11;/h2-7,13H,8,16H2,1H3;1H/t13-;/m0./s1. The summed E-state index contributed by atoms with van der Waals surface area (Å²) in [6, 6.07) is 11.3. The molecule has 0 aliphatic heterocycles. The summed E-state index contributed by atoms with van der Waals surface area (Å²) in [5.41, 5.74) is 6.85. The second-order valence-corrected chi connectivity index (χ2v) is 4.94. The number of fused-ring (bicyclic) bond motifs is 1. The van der Waals surface area contributed by atoms with E-state index in [2.05, 4.69) is 20.7 Å². The number of carbonyl (C=O) groups is 1. The van der Waals surface area contributed by atoms with Crippen molar-refractivity contribution < 1.29 is 9.53 Å². The average molecular weight is 345 g/mol. The summed E-state index contributed by atoms with van der Waals surface area (Å²) in [6.45, 7) is 0. The minimum Gasteiger partial charge on any atom is -0.468 e. The lowest BCUT2D eigenvalue weighted by atomic mass is 9.99. The molecule has 2 aromatic carbocycles. The molecule has 0 unspecified atom stereocenters. The van der Waals surface area contributed by atoms with Crippen LogP contribution in [0.3, 0.4) is 0 Å². The Morgan fingerprint density at radius 1 is 1.26 bits per heavy atom. The van der Waals surface area contributed by atoms with E-state index in [4.69, 9.17) is 5.73 Å². The molecule has 0 heterocycles. The Hall–Kier alpha value is -1.10. The largest absolute Gasteiger partial charge is 0.468 e. The lowest BCUT2D eigenvalue weighted by Gasteiger charge is -2.12. The van der Waals surface area contributed by atoms with E-state index in [1.54, 1.807) is 0 Å². The molecule has 0 bridgehead atoms. The van der Waals surface area contributed by atoms with Gasteiger partial charge >= 0.3 is 5.97 Å². The van der Waals surface area contributed by atoms with Crippen molar-refractivity contribution >= 4 is 45.1 Å². The lowest BCUT2D eigenvalue weighted by Crippen LogP contribution is -2.33. The van der Waals surface area contributed by atoms with Crippen LogP contribution in [0, 0.1) is 0 Å². The fourth-order valence-electron chi connectivity index (χ4n) is 1.97. The summed E-state index contributed by atoms with van der Waals surface area (Å²) in [7, 11) is 1.35. The average Bonchev–Trinajstić information content (AvgIpc) is 2.41. The van der Waals surface area contributed by atoms with Gasteiger partial charge in [0, 0.05) is 4.47 Å². The van der Waals surface area contributed by atoms with Gasteiger partial charge in [0.15, 0.2) is 0 Å². The van der Waals surface area contributed by atoms with Crippen molar-refractivity contribution in [3.63, 3.8) is 0 Å². The van der Waals surface area contributed by atoms with Crippen LogP contribution in [0.1, 0.15) is 5.56 Å². The molecule has 3 nitrogen and oxygen atoms in total. The summed E-state index contributed by atoms with van der Waals surface area (Å²) in [5.74, 6) is -0.387. The van der Waals surface area contributed by atoms with Crippen LogP contribution in [0.5, 0.6) is 0 Å². The van der Waals surface area contributed by atoms with Crippen LogP contribution in [0.4, 0.5) is 0 Å². The summed E-state index contributed by atoms with van der Waals surface area (Å²) in [5, 5.41) is 2.22. The normalized spacial score (nSPS) is 11.7. The molecule has 1 atom stereocenters. The van der Waals surface area contributed by atoms with Crippen molar-refractivity contribution in [2.45, 2.75) is 12.5 Å². The molecule has 0 radical (unpaired) electrons. The third kappa shape index (κ3) is 3.47. The number of ether oxygens (including phenoxy) is 1. The number of esters is 1. The molecular formula is C14H15BrClNO2. The van der Waals surface area contributed by atoms with Crippen LogP contribution in [0.2, 0.25) is 0 Å². The molecule has 19 heavy (non-hydrogen) atoms. The molecule has 0 amide bonds. The quantitative estimate of drug-likeness (QED) is 0.871. The topological polar surface area (TPSA) is 52.3 Å². The van der Waals surface area contributed by atoms with Crippen molar-refractivity contribution in [3.05, 3.63) is 46.4 Å². The van der Waals surface area contributed by atoms with Crippen LogP contribution >= 0.6 is 28.3 Å². The zero-order valence-electron chi connectivity index (χ0n) is 10.4. The van der Waals surface area contributed by atoms with E-state index in [9.17, 15) is 4.79 Å². The maximum absolute atomic E-state index is 11.4. The van der Waals surface area contributed by atoms with E-state index in [1.807, 2.05) is 36.4 Å². The zero-order chi connectivity index (χ0) is 13.1. The van der Waals surface area contributed by atoms with Crippen molar-refractivity contribution in [2.24, 2.45) is 5.73 Å². The molecule has 0 spiro atoms. The Kier molecular flexibility index (Phi) is 5.79. The number of rotatable bonds is 3. The van der Waals surface area contributed by atoms with Gasteiger partial charge in [-0.15, -0.1) is 12.4 Å². The zero-order valence-corrected chi connectivity index (χ0v) is 12.8. The maximum Gasteiger partial charge on any atom is 0.322 e. The fourth-order valence-corrected chi connectivity index (χ4v) is 2.45. The van der Waals surface area contributed by atoms with E-state index in [-0.39, 0.29) is 18.4 Å². The van der Waals surface area contributed by atoms with Gasteiger partial charge in [0.2, 0.25) is 0 Å². The van der Waals surface area contributed by atoms with Crippen LogP contribution in [0.25, 0.3) is 10.8 Å². The molecule has 0 fully saturated rings. The molecule has 5 heteroatoms. The lowest BCUT2D eigenvalue weighted by molar-refractivity contribution is -0.142. The molecule has 2 aromatic rings. The van der Waals surface area contributed by atoms with E-state index in [0.717, 1.165) is 20.8 Å². The Balaban J connectivity index is 0.00000180. The van der Waals surface area contributed by atoms with E-state index >= 15 is 0 Å². The van der Waals surface area contributed by atoms with Crippen molar-refractivity contribution in [1.82, 2.24) is 0 Å². The van der Waals surface area contributed by atoms with Gasteiger partial charge in [-0.3, -0.25) is 4.79 Å². The highest BCUT2D eigenvalue weighted by molar-refractivity contribution is 9.10. The van der Waals surface area contributed by atoms with Crippen LogP contribution in [0.15, 0.2) is 40.9 Å². The predicted octanol–water partition coefficient (Wildman–Crippen LogP) is 3.07. The molecule has 0 aromatic heterocycles. The SMILES string of the molecule is COC(=O)[C@@H](N)Cc1ccc(Br)c2ccccc12.Cl. The third-order valence-corrected chi connectivity index (χ3v) is 3.60. The van der Waals surface area contributed by atoms with Crippen LogP contribution in [-0.2, 0) is 16.0 Å². The van der Waals surface area contributed by atoms with Gasteiger partial charge < -0.3 is 10.5 Å². The van der Waals surface area contributed by atoms with Gasteiger partial charge in [-0.25, -0.2) is 0 Å². The van der Waals surface area contributed by atoms with Crippen LogP contribution in [-0.4, -0.2) is 19.1 Å². The highest BCUT2D eigenvalue weighted by atomic mass is 79.9. The van der Waals surface area contributed by atoms with Gasteiger partial charge in [0.05, 0.1) is 7.11 Å². The first-order chi connectivity index (χ1) is 8.63. The molecule has 0 aliphatic rings. The number of halogens is 2. The molecule has 0 saturated heterocycles. The van der Waals surface area contributed by atoms with Gasteiger partial charge in [0.25, 0.3) is 0 Å². The summed E-state index contributed by atoms with van der Waals surface area (Å²) >= 11 is 3.52. The molecule has 0 aliphatic carbocycles. The second kappa shape index (κ2) is 6.89. The number of nitrogens with two attached hydrogens (primary N) is 1. The van der Waals surface area contributed by atoms with Crippen LogP contribution < -0.4 is 5.73 Å². The van der Waals surface area contributed by atoms with Gasteiger partial charge in [-0.2, -0.15) is 0 Å². The summed E-state index contributed by atoms with van der Waals surface area (Å²) in [6.07, 6.45) is 0.473.